The highest BCUT2D eigenvalue weighted by Gasteiger charge is 2.25. The molecule has 33 heavy (non-hydrogen) atoms. The van der Waals surface area contributed by atoms with Crippen LogP contribution in [0, 0.1) is 0 Å². The molecular formula is C24H21Br2N3O4. The predicted octanol–water partition coefficient (Wildman–Crippen LogP) is 4.43. The molecule has 0 radical (unpaired) electrons. The Bertz CT molecular complexity index is 1170. The smallest absolute Gasteiger partial charge is 0.289 e. The summed E-state index contributed by atoms with van der Waals surface area (Å²) in [5, 5.41) is 2.88. The van der Waals surface area contributed by atoms with Crippen LogP contribution < -0.4 is 5.32 Å². The minimum absolute atomic E-state index is 0.144. The van der Waals surface area contributed by atoms with Gasteiger partial charge in [0.1, 0.15) is 0 Å². The second-order valence-corrected chi connectivity index (χ2v) is 9.36. The van der Waals surface area contributed by atoms with Gasteiger partial charge in [0.05, 0.1) is 18.5 Å². The predicted molar refractivity (Wildman–Crippen MR) is 131 cm³/mol. The third-order valence-electron chi connectivity index (χ3n) is 5.38. The van der Waals surface area contributed by atoms with Crippen LogP contribution in [-0.4, -0.2) is 60.1 Å². The first-order valence-electron chi connectivity index (χ1n) is 10.4. The van der Waals surface area contributed by atoms with Crippen molar-refractivity contribution >= 4 is 55.1 Å². The van der Waals surface area contributed by atoms with Gasteiger partial charge in [0.2, 0.25) is 5.91 Å². The fourth-order valence-corrected chi connectivity index (χ4v) is 4.49. The van der Waals surface area contributed by atoms with Crippen molar-refractivity contribution in [2.24, 2.45) is 0 Å². The molecule has 1 aliphatic rings. The zero-order valence-electron chi connectivity index (χ0n) is 17.6. The number of hydrogen-bond donors (Lipinski definition) is 1. The highest BCUT2D eigenvalue weighted by molar-refractivity contribution is 9.10. The molecule has 9 heteroatoms. The normalized spacial score (nSPS) is 14.2. The number of furan rings is 1. The van der Waals surface area contributed by atoms with Gasteiger partial charge < -0.3 is 14.6 Å². The number of carbonyl (C=O) groups is 3. The molecule has 1 aliphatic heterocycles. The van der Waals surface area contributed by atoms with Gasteiger partial charge in [0, 0.05) is 46.3 Å². The number of anilines is 1. The van der Waals surface area contributed by atoms with Gasteiger partial charge in [-0.05, 0) is 42.5 Å². The Hall–Kier alpha value is -2.75. The van der Waals surface area contributed by atoms with E-state index in [4.69, 9.17) is 4.42 Å². The number of nitrogens with zero attached hydrogens (tertiary/aromatic N) is 2. The lowest BCUT2D eigenvalue weighted by molar-refractivity contribution is -0.117. The van der Waals surface area contributed by atoms with E-state index in [9.17, 15) is 14.4 Å². The number of hydrogen-bond acceptors (Lipinski definition) is 5. The van der Waals surface area contributed by atoms with E-state index in [1.54, 1.807) is 53.4 Å². The Balaban J connectivity index is 1.39. The van der Waals surface area contributed by atoms with Crippen LogP contribution in [0.15, 0.2) is 74.2 Å². The lowest BCUT2D eigenvalue weighted by Gasteiger charge is -2.33. The first-order chi connectivity index (χ1) is 15.9. The monoisotopic (exact) mass is 573 g/mol. The first-order valence-corrected chi connectivity index (χ1v) is 11.9. The second kappa shape index (κ2) is 10.5. The minimum atomic E-state index is -0.218. The number of halogens is 2. The van der Waals surface area contributed by atoms with Crippen molar-refractivity contribution < 1.29 is 18.8 Å². The molecular weight excluding hydrogens is 554 g/mol. The number of benzene rings is 2. The summed E-state index contributed by atoms with van der Waals surface area (Å²) < 4.78 is 6.61. The summed E-state index contributed by atoms with van der Waals surface area (Å²) in [5.74, 6) is -0.235. The van der Waals surface area contributed by atoms with E-state index in [1.165, 1.54) is 6.26 Å². The molecule has 1 fully saturated rings. The molecule has 4 rings (SSSR count). The quantitative estimate of drug-likeness (QED) is 0.440. The summed E-state index contributed by atoms with van der Waals surface area (Å²) in [7, 11) is 0. The van der Waals surface area contributed by atoms with Gasteiger partial charge in [-0.2, -0.15) is 0 Å². The van der Waals surface area contributed by atoms with E-state index < -0.39 is 0 Å². The van der Waals surface area contributed by atoms with Crippen LogP contribution in [0.3, 0.4) is 0 Å². The molecule has 1 N–H and O–H groups in total. The number of nitrogens with one attached hydrogen (secondary N) is 1. The van der Waals surface area contributed by atoms with Crippen molar-refractivity contribution in [2.45, 2.75) is 0 Å². The van der Waals surface area contributed by atoms with Gasteiger partial charge in [-0.25, -0.2) is 0 Å². The van der Waals surface area contributed by atoms with Gasteiger partial charge in [-0.15, -0.1) is 0 Å². The maximum atomic E-state index is 13.2. The Morgan fingerprint density at radius 2 is 1.67 bits per heavy atom. The molecule has 170 valence electrons. The van der Waals surface area contributed by atoms with Gasteiger partial charge >= 0.3 is 0 Å². The Morgan fingerprint density at radius 1 is 0.909 bits per heavy atom. The Kier molecular flexibility index (Phi) is 7.42. The van der Waals surface area contributed by atoms with E-state index in [-0.39, 0.29) is 24.1 Å². The SMILES string of the molecule is O=C(CN1CCN(C(=O)c2ccco2)CC1)Nc1ccc(Br)cc1C(=O)c1ccccc1Br. The van der Waals surface area contributed by atoms with Gasteiger partial charge in [0.15, 0.2) is 11.5 Å². The third-order valence-corrected chi connectivity index (χ3v) is 6.56. The molecule has 7 nitrogen and oxygen atoms in total. The molecule has 3 aromatic rings. The van der Waals surface area contributed by atoms with Gasteiger partial charge in [0.25, 0.3) is 5.91 Å². The zero-order chi connectivity index (χ0) is 23.4. The van der Waals surface area contributed by atoms with Gasteiger partial charge in [-0.1, -0.05) is 44.0 Å². The number of carbonyl (C=O) groups excluding carboxylic acids is 3. The standard InChI is InChI=1S/C24H21Br2N3O4/c25-16-7-8-20(18(14-16)23(31)17-4-1-2-5-19(17)26)27-22(30)15-28-9-11-29(12-10-28)24(32)21-6-3-13-33-21/h1-8,13-14H,9-12,15H2,(H,27,30). The summed E-state index contributed by atoms with van der Waals surface area (Å²) >= 11 is 6.83. The van der Waals surface area contributed by atoms with Crippen LogP contribution in [0.4, 0.5) is 5.69 Å². The molecule has 2 amide bonds. The first kappa shape index (κ1) is 23.4. The summed E-state index contributed by atoms with van der Waals surface area (Å²) in [6.07, 6.45) is 1.48. The summed E-state index contributed by atoms with van der Waals surface area (Å²) in [6.45, 7) is 2.33. The lowest BCUT2D eigenvalue weighted by Crippen LogP contribution is -2.50. The van der Waals surface area contributed by atoms with Crippen LogP contribution >= 0.6 is 31.9 Å². The molecule has 0 spiro atoms. The fraction of sp³-hybridized carbons (Fsp3) is 0.208. The maximum absolute atomic E-state index is 13.2. The highest BCUT2D eigenvalue weighted by atomic mass is 79.9. The maximum Gasteiger partial charge on any atom is 0.289 e. The van der Waals surface area contributed by atoms with Crippen molar-refractivity contribution in [2.75, 3.05) is 38.0 Å². The van der Waals surface area contributed by atoms with Crippen molar-refractivity contribution in [3.05, 3.63) is 86.7 Å². The average molecular weight is 575 g/mol. The fourth-order valence-electron chi connectivity index (χ4n) is 3.66. The number of piperazine rings is 1. The van der Waals surface area contributed by atoms with E-state index in [0.29, 0.717) is 53.2 Å². The Morgan fingerprint density at radius 3 is 2.36 bits per heavy atom. The molecule has 0 saturated carbocycles. The van der Waals surface area contributed by atoms with Crippen LogP contribution in [0.25, 0.3) is 0 Å². The lowest BCUT2D eigenvalue weighted by atomic mass is 10.0. The van der Waals surface area contributed by atoms with Crippen molar-refractivity contribution in [3.63, 3.8) is 0 Å². The van der Waals surface area contributed by atoms with Gasteiger partial charge in [-0.3, -0.25) is 19.3 Å². The van der Waals surface area contributed by atoms with E-state index in [1.807, 2.05) is 11.0 Å². The number of rotatable bonds is 6. The van der Waals surface area contributed by atoms with Crippen LogP contribution in [0.1, 0.15) is 26.5 Å². The number of amides is 2. The summed E-state index contributed by atoms with van der Waals surface area (Å²) in [5.41, 5.74) is 1.37. The Labute approximate surface area is 208 Å². The number of ketones is 1. The molecule has 1 saturated heterocycles. The van der Waals surface area contributed by atoms with Crippen LogP contribution in [-0.2, 0) is 4.79 Å². The molecule has 2 aromatic carbocycles. The largest absolute Gasteiger partial charge is 0.459 e. The minimum Gasteiger partial charge on any atom is -0.459 e. The summed E-state index contributed by atoms with van der Waals surface area (Å²) in [6, 6.07) is 15.7. The zero-order valence-corrected chi connectivity index (χ0v) is 20.8. The molecule has 1 aromatic heterocycles. The average Bonchev–Trinajstić information content (AvgIpc) is 3.35. The van der Waals surface area contributed by atoms with Crippen molar-refractivity contribution in [3.8, 4) is 0 Å². The molecule has 0 bridgehead atoms. The van der Waals surface area contributed by atoms with Crippen molar-refractivity contribution in [1.82, 2.24) is 9.80 Å². The molecule has 0 unspecified atom stereocenters. The molecule has 0 aliphatic carbocycles. The second-order valence-electron chi connectivity index (χ2n) is 7.59. The highest BCUT2D eigenvalue weighted by Crippen LogP contribution is 2.27. The van der Waals surface area contributed by atoms with Crippen LogP contribution in [0.5, 0.6) is 0 Å². The van der Waals surface area contributed by atoms with Crippen LogP contribution in [0.2, 0.25) is 0 Å². The third kappa shape index (κ3) is 5.61. The van der Waals surface area contributed by atoms with E-state index >= 15 is 0 Å². The topological polar surface area (TPSA) is 82.9 Å². The van der Waals surface area contributed by atoms with E-state index in [0.717, 1.165) is 4.47 Å². The molecule has 2 heterocycles. The van der Waals surface area contributed by atoms with E-state index in [2.05, 4.69) is 37.2 Å². The van der Waals surface area contributed by atoms with Crippen molar-refractivity contribution in [1.29, 1.82) is 0 Å². The molecule has 0 atom stereocenters. The summed E-state index contributed by atoms with van der Waals surface area (Å²) in [4.78, 5) is 42.0.